The van der Waals surface area contributed by atoms with E-state index in [1.165, 1.54) is 42.1 Å². The molecule has 0 radical (unpaired) electrons. The summed E-state index contributed by atoms with van der Waals surface area (Å²) < 4.78 is 109. The molecule has 0 aliphatic rings. The first-order valence-electron chi connectivity index (χ1n) is 14.5. The standard InChI is InChI=1S/C34H28F5N3O5S/c1-46-31-11-7-21(15-27(31)37)18-42-19-23(9-12-32(42)43)28-17-29(33(38)39)41-34(40-28)48(44,45)14-13-30(22-5-3-2-4-6-22)47-20-24-8-10-25(35)16-26(24)36/h2-12,15-17,19,30,33H,13-14,18,20H2,1H3. The van der Waals surface area contributed by atoms with Gasteiger partial charge in [-0.2, -0.15) is 0 Å². The molecule has 0 fully saturated rings. The van der Waals surface area contributed by atoms with E-state index in [-0.39, 0.29) is 42.1 Å². The number of methoxy groups -OCH3 is 1. The van der Waals surface area contributed by atoms with E-state index in [1.807, 2.05) is 0 Å². The number of aromatic nitrogens is 3. The molecule has 48 heavy (non-hydrogen) atoms. The van der Waals surface area contributed by atoms with Crippen molar-refractivity contribution in [2.24, 2.45) is 0 Å². The van der Waals surface area contributed by atoms with Crippen LogP contribution < -0.4 is 10.3 Å². The van der Waals surface area contributed by atoms with Crippen LogP contribution in [0.4, 0.5) is 22.0 Å². The molecule has 2 aromatic heterocycles. The average Bonchev–Trinajstić information content (AvgIpc) is 3.07. The number of benzene rings is 3. The smallest absolute Gasteiger partial charge is 0.280 e. The molecule has 0 amide bonds. The maximum atomic E-state index is 14.2. The van der Waals surface area contributed by atoms with Gasteiger partial charge in [0, 0.05) is 29.5 Å². The van der Waals surface area contributed by atoms with Gasteiger partial charge in [-0.1, -0.05) is 42.5 Å². The van der Waals surface area contributed by atoms with Gasteiger partial charge in [-0.05, 0) is 47.9 Å². The van der Waals surface area contributed by atoms with Gasteiger partial charge in [0.05, 0.1) is 37.8 Å². The topological polar surface area (TPSA) is 100 Å². The molecule has 1 atom stereocenters. The molecule has 8 nitrogen and oxygen atoms in total. The van der Waals surface area contributed by atoms with Crippen molar-refractivity contribution in [2.75, 3.05) is 12.9 Å². The van der Waals surface area contributed by atoms with Gasteiger partial charge in [0.25, 0.3) is 12.0 Å². The van der Waals surface area contributed by atoms with Gasteiger partial charge in [0.15, 0.2) is 11.6 Å². The predicted octanol–water partition coefficient (Wildman–Crippen LogP) is 6.84. The highest BCUT2D eigenvalue weighted by Gasteiger charge is 2.26. The Labute approximate surface area is 272 Å². The SMILES string of the molecule is COc1ccc(Cn2cc(-c3cc(C(F)F)nc(S(=O)(=O)CCC(OCc4ccc(F)cc4F)c4ccccc4)n3)ccc2=O)cc1F. The van der Waals surface area contributed by atoms with Gasteiger partial charge in [-0.15, -0.1) is 0 Å². The fraction of sp³-hybridized carbons (Fsp3) is 0.206. The van der Waals surface area contributed by atoms with Crippen LogP contribution in [0.15, 0.2) is 101 Å². The van der Waals surface area contributed by atoms with E-state index in [0.717, 1.165) is 18.2 Å². The van der Waals surface area contributed by atoms with Gasteiger partial charge in [0.1, 0.15) is 17.3 Å². The van der Waals surface area contributed by atoms with E-state index in [2.05, 4.69) is 9.97 Å². The minimum atomic E-state index is -4.41. The van der Waals surface area contributed by atoms with Crippen molar-refractivity contribution in [3.63, 3.8) is 0 Å². The van der Waals surface area contributed by atoms with Crippen LogP contribution in [0, 0.1) is 17.5 Å². The Bertz CT molecular complexity index is 2080. The number of halogens is 5. The van der Waals surface area contributed by atoms with Crippen LogP contribution in [0.5, 0.6) is 5.75 Å². The molecule has 1 unspecified atom stereocenters. The van der Waals surface area contributed by atoms with Crippen molar-refractivity contribution in [3.8, 4) is 17.0 Å². The van der Waals surface area contributed by atoms with Crippen LogP contribution >= 0.6 is 0 Å². The van der Waals surface area contributed by atoms with Crippen molar-refractivity contribution in [1.29, 1.82) is 0 Å². The zero-order valence-corrected chi connectivity index (χ0v) is 26.1. The van der Waals surface area contributed by atoms with Crippen molar-refractivity contribution in [3.05, 3.63) is 141 Å². The quantitative estimate of drug-likeness (QED) is 0.0989. The van der Waals surface area contributed by atoms with Crippen LogP contribution in [-0.2, 0) is 27.7 Å². The largest absolute Gasteiger partial charge is 0.494 e. The molecule has 2 heterocycles. The Hall–Kier alpha value is -4.95. The molecule has 3 aromatic carbocycles. The second kappa shape index (κ2) is 14.9. The summed E-state index contributed by atoms with van der Waals surface area (Å²) in [5.41, 5.74) is -0.362. The third-order valence-corrected chi connectivity index (χ3v) is 8.86. The summed E-state index contributed by atoms with van der Waals surface area (Å²) in [6, 6.07) is 19.0. The Morgan fingerprint density at radius 2 is 1.65 bits per heavy atom. The van der Waals surface area contributed by atoms with E-state index in [0.29, 0.717) is 17.2 Å². The Balaban J connectivity index is 1.42. The minimum absolute atomic E-state index is 0.0116. The Morgan fingerprint density at radius 3 is 2.33 bits per heavy atom. The highest BCUT2D eigenvalue weighted by atomic mass is 32.2. The molecule has 250 valence electrons. The fourth-order valence-electron chi connectivity index (χ4n) is 4.85. The van der Waals surface area contributed by atoms with Crippen molar-refractivity contribution in [2.45, 2.75) is 37.3 Å². The third-order valence-electron chi connectivity index (χ3n) is 7.35. The predicted molar refractivity (Wildman–Crippen MR) is 166 cm³/mol. The number of rotatable bonds is 13. The van der Waals surface area contributed by atoms with E-state index in [9.17, 15) is 35.2 Å². The van der Waals surface area contributed by atoms with Crippen LogP contribution in [0.25, 0.3) is 11.3 Å². The molecule has 0 aliphatic carbocycles. The first kappa shape index (κ1) is 34.4. The zero-order valence-electron chi connectivity index (χ0n) is 25.3. The van der Waals surface area contributed by atoms with Gasteiger partial charge in [-0.3, -0.25) is 4.79 Å². The van der Waals surface area contributed by atoms with E-state index in [4.69, 9.17) is 9.47 Å². The average molecular weight is 686 g/mol. The Kier molecular flexibility index (Phi) is 10.6. The molecule has 14 heteroatoms. The molecule has 5 rings (SSSR count). The van der Waals surface area contributed by atoms with Crippen LogP contribution in [-0.4, -0.2) is 35.8 Å². The zero-order chi connectivity index (χ0) is 34.4. The number of hydrogen-bond donors (Lipinski definition) is 0. The summed E-state index contributed by atoms with van der Waals surface area (Å²) in [7, 11) is -3.10. The molecule has 0 bridgehead atoms. The highest BCUT2D eigenvalue weighted by Crippen LogP contribution is 2.28. The molecule has 0 N–H and O–H groups in total. The van der Waals surface area contributed by atoms with Gasteiger partial charge < -0.3 is 14.0 Å². The lowest BCUT2D eigenvalue weighted by molar-refractivity contribution is 0.0360. The lowest BCUT2D eigenvalue weighted by Gasteiger charge is -2.19. The monoisotopic (exact) mass is 685 g/mol. The molecule has 0 saturated carbocycles. The van der Waals surface area contributed by atoms with Crippen LogP contribution in [0.2, 0.25) is 0 Å². The molecular formula is C34H28F5N3O5S. The van der Waals surface area contributed by atoms with Gasteiger partial charge in [0.2, 0.25) is 15.0 Å². The number of pyridine rings is 1. The molecule has 0 aliphatic heterocycles. The maximum absolute atomic E-state index is 14.2. The first-order valence-corrected chi connectivity index (χ1v) is 16.1. The summed E-state index contributed by atoms with van der Waals surface area (Å²) in [5.74, 6) is -2.86. The second-order valence-electron chi connectivity index (χ2n) is 10.7. The molecule has 0 spiro atoms. The molecule has 0 saturated heterocycles. The normalized spacial score (nSPS) is 12.3. The van der Waals surface area contributed by atoms with Gasteiger partial charge in [-0.25, -0.2) is 40.3 Å². The highest BCUT2D eigenvalue weighted by molar-refractivity contribution is 7.91. The molecular weight excluding hydrogens is 657 g/mol. The summed E-state index contributed by atoms with van der Waals surface area (Å²) in [4.78, 5) is 20.3. The summed E-state index contributed by atoms with van der Waals surface area (Å²) in [5, 5.41) is -0.860. The first-order chi connectivity index (χ1) is 22.9. The van der Waals surface area contributed by atoms with E-state index in [1.54, 1.807) is 36.4 Å². The summed E-state index contributed by atoms with van der Waals surface area (Å²) in [6.07, 6.45) is -2.92. The van der Waals surface area contributed by atoms with Crippen molar-refractivity contribution < 1.29 is 39.8 Å². The number of nitrogens with zero attached hydrogens (tertiary/aromatic N) is 3. The summed E-state index contributed by atoms with van der Waals surface area (Å²) >= 11 is 0. The summed E-state index contributed by atoms with van der Waals surface area (Å²) in [6.45, 7) is -0.389. The molecule has 5 aromatic rings. The van der Waals surface area contributed by atoms with Crippen LogP contribution in [0.3, 0.4) is 0 Å². The lowest BCUT2D eigenvalue weighted by atomic mass is 10.1. The second-order valence-corrected chi connectivity index (χ2v) is 12.7. The minimum Gasteiger partial charge on any atom is -0.494 e. The van der Waals surface area contributed by atoms with Crippen LogP contribution in [0.1, 0.15) is 41.3 Å². The van der Waals surface area contributed by atoms with Gasteiger partial charge >= 0.3 is 0 Å². The van der Waals surface area contributed by atoms with Crippen molar-refractivity contribution in [1.82, 2.24) is 14.5 Å². The number of alkyl halides is 2. The Morgan fingerprint density at radius 1 is 0.875 bits per heavy atom. The number of hydrogen-bond acceptors (Lipinski definition) is 7. The number of ether oxygens (including phenoxy) is 2. The lowest BCUT2D eigenvalue weighted by Crippen LogP contribution is -2.20. The van der Waals surface area contributed by atoms with Crippen molar-refractivity contribution >= 4 is 9.84 Å². The fourth-order valence-corrected chi connectivity index (χ4v) is 6.04. The third kappa shape index (κ3) is 8.30. The number of sulfone groups is 1. The van der Waals surface area contributed by atoms with E-state index < -0.39 is 62.0 Å². The van der Waals surface area contributed by atoms with E-state index >= 15 is 0 Å². The maximum Gasteiger partial charge on any atom is 0.280 e.